The van der Waals surface area contributed by atoms with Crippen LogP contribution in [0.4, 0.5) is 5.69 Å². The summed E-state index contributed by atoms with van der Waals surface area (Å²) < 4.78 is 5.40. The number of halogens is 1. The van der Waals surface area contributed by atoms with E-state index in [1.165, 1.54) is 0 Å². The molecule has 2 aliphatic carbocycles. The van der Waals surface area contributed by atoms with Crippen molar-refractivity contribution in [3.05, 3.63) is 59.5 Å². The van der Waals surface area contributed by atoms with Crippen LogP contribution in [0.2, 0.25) is 5.02 Å². The van der Waals surface area contributed by atoms with E-state index in [1.807, 2.05) is 30.3 Å². The summed E-state index contributed by atoms with van der Waals surface area (Å²) in [4.78, 5) is 21.8. The molecule has 1 amide bonds. The maximum Gasteiger partial charge on any atom is 0.228 e. The van der Waals surface area contributed by atoms with Gasteiger partial charge in [0, 0.05) is 27.9 Å². The van der Waals surface area contributed by atoms with E-state index in [-0.39, 0.29) is 17.2 Å². The van der Waals surface area contributed by atoms with Gasteiger partial charge in [-0.1, -0.05) is 11.6 Å². The third-order valence-corrected chi connectivity index (χ3v) is 7.11. The maximum atomic E-state index is 12.8. The molecule has 0 radical (unpaired) electrons. The zero-order valence-corrected chi connectivity index (χ0v) is 17.7. The molecule has 6 heteroatoms. The van der Waals surface area contributed by atoms with Crippen molar-refractivity contribution in [3.8, 4) is 5.75 Å². The molecule has 1 spiro atoms. The van der Waals surface area contributed by atoms with Crippen molar-refractivity contribution in [1.82, 2.24) is 9.97 Å². The van der Waals surface area contributed by atoms with Crippen LogP contribution in [0.25, 0.3) is 10.9 Å². The molecule has 154 valence electrons. The first-order valence-corrected chi connectivity index (χ1v) is 10.8. The molecule has 0 saturated heterocycles. The molecule has 30 heavy (non-hydrogen) atoms. The van der Waals surface area contributed by atoms with Crippen LogP contribution in [0.15, 0.2) is 48.8 Å². The highest BCUT2D eigenvalue weighted by Crippen LogP contribution is 2.63. The molecule has 5 nitrogen and oxygen atoms in total. The van der Waals surface area contributed by atoms with E-state index in [0.29, 0.717) is 10.9 Å². The van der Waals surface area contributed by atoms with E-state index in [2.05, 4.69) is 15.3 Å². The van der Waals surface area contributed by atoms with Gasteiger partial charge in [0.05, 0.1) is 18.3 Å². The summed E-state index contributed by atoms with van der Waals surface area (Å²) in [7, 11) is 1.68. The van der Waals surface area contributed by atoms with Crippen molar-refractivity contribution in [2.45, 2.75) is 38.0 Å². The van der Waals surface area contributed by atoms with Gasteiger partial charge in [-0.3, -0.25) is 4.79 Å². The predicted molar refractivity (Wildman–Crippen MR) is 118 cm³/mol. The van der Waals surface area contributed by atoms with Crippen LogP contribution in [0.5, 0.6) is 5.75 Å². The molecular weight excluding hydrogens is 398 g/mol. The average molecular weight is 422 g/mol. The number of carbonyl (C=O) groups is 1. The Morgan fingerprint density at radius 2 is 1.90 bits per heavy atom. The van der Waals surface area contributed by atoms with Crippen LogP contribution in [-0.4, -0.2) is 23.0 Å². The van der Waals surface area contributed by atoms with Crippen LogP contribution in [0.3, 0.4) is 0 Å². The third-order valence-electron chi connectivity index (χ3n) is 6.86. The summed E-state index contributed by atoms with van der Waals surface area (Å²) in [5.74, 6) is 1.46. The summed E-state index contributed by atoms with van der Waals surface area (Å²) in [6.07, 6.45) is 6.87. The molecule has 3 aromatic rings. The average Bonchev–Trinajstić information content (AvgIpc) is 3.48. The number of anilines is 1. The van der Waals surface area contributed by atoms with Gasteiger partial charge in [-0.25, -0.2) is 9.97 Å². The van der Waals surface area contributed by atoms with Crippen molar-refractivity contribution >= 4 is 34.1 Å². The molecule has 0 unspecified atom stereocenters. The largest absolute Gasteiger partial charge is 0.497 e. The minimum absolute atomic E-state index is 0.108. The highest BCUT2D eigenvalue weighted by molar-refractivity contribution is 6.30. The SMILES string of the molecule is COc1ccc2ncnc([C@H]3CC[C@@]4(CC3)C[C@@H]4C(=O)Nc3ccc(Cl)cc3)c2c1. The number of ether oxygens (including phenoxy) is 1. The Labute approximate surface area is 180 Å². The number of fused-ring (bicyclic) bond motifs is 1. The third kappa shape index (κ3) is 3.52. The Morgan fingerprint density at radius 1 is 1.13 bits per heavy atom. The molecule has 0 aliphatic heterocycles. The summed E-state index contributed by atoms with van der Waals surface area (Å²) in [5, 5.41) is 4.80. The van der Waals surface area contributed by atoms with Gasteiger partial charge in [0.15, 0.2) is 0 Å². The number of benzene rings is 2. The minimum Gasteiger partial charge on any atom is -0.497 e. The molecule has 1 heterocycles. The van der Waals surface area contributed by atoms with Crippen LogP contribution in [0.1, 0.15) is 43.7 Å². The van der Waals surface area contributed by atoms with Crippen LogP contribution < -0.4 is 10.1 Å². The molecule has 2 saturated carbocycles. The van der Waals surface area contributed by atoms with Gasteiger partial charge in [-0.2, -0.15) is 0 Å². The van der Waals surface area contributed by atoms with Gasteiger partial charge in [0.1, 0.15) is 12.1 Å². The monoisotopic (exact) mass is 421 g/mol. The Bertz CT molecular complexity index is 1090. The van der Waals surface area contributed by atoms with Gasteiger partial charge in [0.2, 0.25) is 5.91 Å². The fraction of sp³-hybridized carbons (Fsp3) is 0.375. The smallest absolute Gasteiger partial charge is 0.228 e. The first kappa shape index (κ1) is 19.3. The summed E-state index contributed by atoms with van der Waals surface area (Å²) >= 11 is 5.93. The first-order valence-electron chi connectivity index (χ1n) is 10.4. The summed E-state index contributed by atoms with van der Waals surface area (Å²) in [5.41, 5.74) is 3.03. The van der Waals surface area contributed by atoms with Gasteiger partial charge in [0.25, 0.3) is 0 Å². The normalized spacial score (nSPS) is 25.3. The van der Waals surface area contributed by atoms with Crippen molar-refractivity contribution in [3.63, 3.8) is 0 Å². The van der Waals surface area contributed by atoms with E-state index < -0.39 is 0 Å². The number of aromatic nitrogens is 2. The molecule has 2 fully saturated rings. The zero-order chi connectivity index (χ0) is 20.7. The summed E-state index contributed by atoms with van der Waals surface area (Å²) in [6, 6.07) is 13.2. The molecule has 2 aromatic carbocycles. The molecular formula is C24H24ClN3O2. The predicted octanol–water partition coefficient (Wildman–Crippen LogP) is 5.59. The molecule has 5 rings (SSSR count). The quantitative estimate of drug-likeness (QED) is 0.596. The van der Waals surface area contributed by atoms with Crippen molar-refractivity contribution in [1.29, 1.82) is 0 Å². The topological polar surface area (TPSA) is 64.1 Å². The first-order chi connectivity index (χ1) is 14.6. The Hall–Kier alpha value is -2.66. The number of hydrogen-bond donors (Lipinski definition) is 1. The highest BCUT2D eigenvalue weighted by Gasteiger charge is 2.58. The number of methoxy groups -OCH3 is 1. The molecule has 1 aromatic heterocycles. The highest BCUT2D eigenvalue weighted by atomic mass is 35.5. The van der Waals surface area contributed by atoms with Gasteiger partial charge >= 0.3 is 0 Å². The lowest BCUT2D eigenvalue weighted by atomic mass is 9.76. The maximum absolute atomic E-state index is 12.8. The van der Waals surface area contributed by atoms with Gasteiger partial charge in [-0.15, -0.1) is 0 Å². The number of carbonyl (C=O) groups excluding carboxylic acids is 1. The van der Waals surface area contributed by atoms with Crippen molar-refractivity contribution in [2.24, 2.45) is 11.3 Å². The fourth-order valence-corrected chi connectivity index (χ4v) is 5.13. The lowest BCUT2D eigenvalue weighted by Gasteiger charge is -2.29. The number of nitrogens with zero attached hydrogens (tertiary/aromatic N) is 2. The van der Waals surface area contributed by atoms with E-state index in [0.717, 1.165) is 60.1 Å². The van der Waals surface area contributed by atoms with E-state index in [4.69, 9.17) is 16.3 Å². The van der Waals surface area contributed by atoms with Crippen LogP contribution in [0, 0.1) is 11.3 Å². The fourth-order valence-electron chi connectivity index (χ4n) is 5.01. The summed E-state index contributed by atoms with van der Waals surface area (Å²) in [6.45, 7) is 0. The van der Waals surface area contributed by atoms with Crippen molar-refractivity contribution < 1.29 is 9.53 Å². The number of amides is 1. The van der Waals surface area contributed by atoms with Gasteiger partial charge < -0.3 is 10.1 Å². The number of hydrogen-bond acceptors (Lipinski definition) is 4. The molecule has 0 bridgehead atoms. The number of rotatable bonds is 4. The Morgan fingerprint density at radius 3 is 2.63 bits per heavy atom. The molecule has 1 atom stereocenters. The minimum atomic E-state index is 0.108. The molecule has 1 N–H and O–H groups in total. The van der Waals surface area contributed by atoms with Crippen LogP contribution in [-0.2, 0) is 4.79 Å². The zero-order valence-electron chi connectivity index (χ0n) is 16.9. The van der Waals surface area contributed by atoms with Crippen molar-refractivity contribution in [2.75, 3.05) is 12.4 Å². The second-order valence-electron chi connectivity index (χ2n) is 8.53. The number of nitrogens with one attached hydrogen (secondary N) is 1. The van der Waals surface area contributed by atoms with E-state index in [9.17, 15) is 4.79 Å². The van der Waals surface area contributed by atoms with E-state index in [1.54, 1.807) is 25.6 Å². The lowest BCUT2D eigenvalue weighted by molar-refractivity contribution is -0.118. The second-order valence-corrected chi connectivity index (χ2v) is 8.97. The Balaban J connectivity index is 1.27. The Kier molecular flexibility index (Phi) is 4.86. The molecule has 2 aliphatic rings. The standard InChI is InChI=1S/C24H24ClN3O2/c1-30-18-6-7-21-19(12-18)22(27-14-26-21)15-8-10-24(11-9-15)13-20(24)23(29)28-17-4-2-16(25)3-5-17/h2-7,12,14-15,20H,8-11,13H2,1H3,(H,28,29)/t15-,20-,24+/m1/s1. The van der Waals surface area contributed by atoms with E-state index >= 15 is 0 Å². The van der Waals surface area contributed by atoms with Crippen LogP contribution >= 0.6 is 11.6 Å². The van der Waals surface area contributed by atoms with Gasteiger partial charge in [-0.05, 0) is 80.0 Å². The lowest BCUT2D eigenvalue weighted by Crippen LogP contribution is -2.23. The second kappa shape index (κ2) is 7.55.